The Bertz CT molecular complexity index is 736. The maximum Gasteiger partial charge on any atom is 0.457 e. The van der Waals surface area contributed by atoms with E-state index in [0.717, 1.165) is 18.4 Å². The van der Waals surface area contributed by atoms with Crippen molar-refractivity contribution in [3.05, 3.63) is 29.8 Å². The van der Waals surface area contributed by atoms with Gasteiger partial charge in [0.05, 0.1) is 4.90 Å². The van der Waals surface area contributed by atoms with E-state index < -0.39 is 27.5 Å². The lowest BCUT2D eigenvalue weighted by Crippen LogP contribution is -2.41. The van der Waals surface area contributed by atoms with Crippen molar-refractivity contribution in [2.75, 3.05) is 0 Å². The Hall–Kier alpha value is -0.730. The minimum Gasteiger partial charge on any atom is -0.206 e. The normalized spacial score (nSPS) is 16.2. The van der Waals surface area contributed by atoms with Gasteiger partial charge in [0, 0.05) is 11.9 Å². The Balaban J connectivity index is 3.23. The highest BCUT2D eigenvalue weighted by Gasteiger charge is 2.42. The largest absolute Gasteiger partial charge is 0.457 e. The molecule has 0 amide bonds. The van der Waals surface area contributed by atoms with Crippen molar-refractivity contribution < 1.29 is 21.6 Å². The number of benzene rings is 1. The van der Waals surface area contributed by atoms with Gasteiger partial charge in [-0.05, 0) is 40.4 Å². The number of halogens is 3. The highest BCUT2D eigenvalue weighted by molar-refractivity contribution is 8.09. The molecule has 8 heteroatoms. The maximum atomic E-state index is 12.3. The summed E-state index contributed by atoms with van der Waals surface area (Å²) in [6.45, 7) is 15.1. The minimum atomic E-state index is -4.68. The molecule has 0 aliphatic rings. The van der Waals surface area contributed by atoms with Crippen LogP contribution in [-0.4, -0.2) is 13.9 Å². The van der Waals surface area contributed by atoms with Crippen LogP contribution in [0.3, 0.4) is 0 Å². The summed E-state index contributed by atoms with van der Waals surface area (Å²) in [6, 6.07) is 6.17. The SMILES string of the molecule is CCC(C)(C)CC(C)(c1ccc(S(=O)(=O)NSC(F)(F)F)cc1)C(C)(C)C. The van der Waals surface area contributed by atoms with E-state index in [1.165, 1.54) is 16.3 Å². The molecule has 156 valence electrons. The van der Waals surface area contributed by atoms with Gasteiger partial charge in [-0.25, -0.2) is 8.42 Å². The number of hydrogen-bond acceptors (Lipinski definition) is 3. The van der Waals surface area contributed by atoms with Crippen molar-refractivity contribution in [2.24, 2.45) is 10.8 Å². The van der Waals surface area contributed by atoms with E-state index in [4.69, 9.17) is 0 Å². The summed E-state index contributed by atoms with van der Waals surface area (Å²) in [5, 5.41) is 0. The van der Waals surface area contributed by atoms with Gasteiger partial charge in [0.25, 0.3) is 0 Å². The molecule has 0 radical (unpaired) electrons. The molecule has 0 saturated carbocycles. The van der Waals surface area contributed by atoms with Gasteiger partial charge >= 0.3 is 5.51 Å². The molecule has 1 unspecified atom stereocenters. The van der Waals surface area contributed by atoms with Crippen LogP contribution in [0.1, 0.15) is 66.9 Å². The van der Waals surface area contributed by atoms with Crippen molar-refractivity contribution in [2.45, 2.75) is 77.1 Å². The molecule has 0 aliphatic heterocycles. The Labute approximate surface area is 165 Å². The second-order valence-corrected chi connectivity index (χ2v) is 11.7. The predicted octanol–water partition coefficient (Wildman–Crippen LogP) is 6.26. The van der Waals surface area contributed by atoms with Gasteiger partial charge in [-0.2, -0.15) is 13.2 Å². The maximum absolute atomic E-state index is 12.3. The second-order valence-electron chi connectivity index (χ2n) is 8.94. The van der Waals surface area contributed by atoms with E-state index >= 15 is 0 Å². The van der Waals surface area contributed by atoms with Gasteiger partial charge in [0.1, 0.15) is 0 Å². The topological polar surface area (TPSA) is 46.2 Å². The minimum absolute atomic E-state index is 0.0930. The zero-order valence-electron chi connectivity index (χ0n) is 17.0. The van der Waals surface area contributed by atoms with Crippen LogP contribution in [0.2, 0.25) is 0 Å². The molecule has 0 aliphatic carbocycles. The van der Waals surface area contributed by atoms with Crippen molar-refractivity contribution in [1.82, 2.24) is 4.13 Å². The van der Waals surface area contributed by atoms with Crippen LogP contribution in [0, 0.1) is 10.8 Å². The third-order valence-electron chi connectivity index (χ3n) is 5.51. The molecular formula is C19H30F3NO2S2. The van der Waals surface area contributed by atoms with Crippen LogP contribution in [-0.2, 0) is 15.4 Å². The van der Waals surface area contributed by atoms with E-state index in [2.05, 4.69) is 48.5 Å². The van der Waals surface area contributed by atoms with Crippen LogP contribution in [0.4, 0.5) is 13.2 Å². The van der Waals surface area contributed by atoms with Crippen molar-refractivity contribution in [1.29, 1.82) is 0 Å². The fourth-order valence-electron chi connectivity index (χ4n) is 3.03. The average molecular weight is 426 g/mol. The first-order valence-corrected chi connectivity index (χ1v) is 11.1. The summed E-state index contributed by atoms with van der Waals surface area (Å²) in [7, 11) is -4.24. The van der Waals surface area contributed by atoms with E-state index in [1.807, 2.05) is 0 Å². The third-order valence-corrected chi connectivity index (χ3v) is 7.85. The van der Waals surface area contributed by atoms with E-state index in [0.29, 0.717) is 0 Å². The molecule has 0 spiro atoms. The van der Waals surface area contributed by atoms with Gasteiger partial charge in [0.15, 0.2) is 0 Å². The Morgan fingerprint density at radius 1 is 0.963 bits per heavy atom. The number of sulfonamides is 1. The molecule has 0 heterocycles. The van der Waals surface area contributed by atoms with Gasteiger partial charge < -0.3 is 0 Å². The van der Waals surface area contributed by atoms with Crippen LogP contribution < -0.4 is 4.13 Å². The lowest BCUT2D eigenvalue weighted by Gasteiger charge is -2.47. The molecule has 3 nitrogen and oxygen atoms in total. The van der Waals surface area contributed by atoms with Gasteiger partial charge in [-0.1, -0.05) is 67.0 Å². The lowest BCUT2D eigenvalue weighted by molar-refractivity contribution is -0.0331. The summed E-state index contributed by atoms with van der Waals surface area (Å²) < 4.78 is 62.5. The quantitative estimate of drug-likeness (QED) is 0.524. The standard InChI is InChI=1S/C19H30F3NO2S2/c1-8-17(5,6)13-18(7,16(2,3)4)14-9-11-15(12-10-14)27(24,25)23-26-19(20,21)22/h9-12,23H,8,13H2,1-7H3. The molecule has 0 saturated heterocycles. The number of nitrogens with one attached hydrogen (secondary N) is 1. The third kappa shape index (κ3) is 6.39. The van der Waals surface area contributed by atoms with Crippen LogP contribution in [0.25, 0.3) is 0 Å². The summed E-state index contributed by atoms with van der Waals surface area (Å²) in [5.41, 5.74) is -3.94. The van der Waals surface area contributed by atoms with Crippen LogP contribution >= 0.6 is 11.9 Å². The van der Waals surface area contributed by atoms with Crippen molar-refractivity contribution in [3.63, 3.8) is 0 Å². The van der Waals surface area contributed by atoms with Crippen molar-refractivity contribution in [3.8, 4) is 0 Å². The van der Waals surface area contributed by atoms with Gasteiger partial charge in [-0.15, -0.1) is 4.13 Å². The Kier molecular flexibility index (Phi) is 7.16. The first kappa shape index (κ1) is 24.3. The fourth-order valence-corrected chi connectivity index (χ4v) is 4.73. The van der Waals surface area contributed by atoms with Crippen LogP contribution in [0.15, 0.2) is 29.2 Å². The molecule has 0 fully saturated rings. The fraction of sp³-hybridized carbons (Fsp3) is 0.684. The molecule has 1 aromatic rings. The van der Waals surface area contributed by atoms with E-state index in [9.17, 15) is 21.6 Å². The smallest absolute Gasteiger partial charge is 0.206 e. The number of rotatable bonds is 7. The zero-order valence-corrected chi connectivity index (χ0v) is 18.6. The summed E-state index contributed by atoms with van der Waals surface area (Å²) in [4.78, 5) is -0.186. The number of hydrogen-bond donors (Lipinski definition) is 1. The highest BCUT2D eigenvalue weighted by Crippen LogP contribution is 2.49. The molecule has 1 aromatic carbocycles. The van der Waals surface area contributed by atoms with Gasteiger partial charge in [0.2, 0.25) is 10.0 Å². The molecule has 0 bridgehead atoms. The zero-order chi connectivity index (χ0) is 21.3. The van der Waals surface area contributed by atoms with Crippen LogP contribution in [0.5, 0.6) is 0 Å². The van der Waals surface area contributed by atoms with Gasteiger partial charge in [-0.3, -0.25) is 0 Å². The molecule has 1 atom stereocenters. The number of alkyl halides is 3. The Morgan fingerprint density at radius 2 is 1.44 bits per heavy atom. The summed E-state index contributed by atoms with van der Waals surface area (Å²) in [5.74, 6) is 0. The van der Waals surface area contributed by atoms with Crippen molar-refractivity contribution >= 4 is 22.0 Å². The first-order valence-electron chi connectivity index (χ1n) is 8.81. The summed E-state index contributed by atoms with van der Waals surface area (Å²) >= 11 is -0.778. The monoisotopic (exact) mass is 425 g/mol. The second kappa shape index (κ2) is 7.95. The first-order chi connectivity index (χ1) is 11.9. The molecule has 1 N–H and O–H groups in total. The van der Waals surface area contributed by atoms with E-state index in [-0.39, 0.29) is 21.1 Å². The van der Waals surface area contributed by atoms with E-state index in [1.54, 1.807) is 12.1 Å². The highest BCUT2D eigenvalue weighted by atomic mass is 32.3. The molecule has 0 aromatic heterocycles. The molecule has 27 heavy (non-hydrogen) atoms. The predicted molar refractivity (Wildman–Crippen MR) is 106 cm³/mol. The average Bonchev–Trinajstić information content (AvgIpc) is 2.51. The molecular weight excluding hydrogens is 395 g/mol. The summed E-state index contributed by atoms with van der Waals surface area (Å²) in [6.07, 6.45) is 1.90. The lowest BCUT2D eigenvalue weighted by atomic mass is 9.57. The molecule has 1 rings (SSSR count). The Morgan fingerprint density at radius 3 is 1.81 bits per heavy atom.